The number of nitrogens with zero attached hydrogens (tertiary/aromatic N) is 4. The first-order valence-electron chi connectivity index (χ1n) is 8.38. The summed E-state index contributed by atoms with van der Waals surface area (Å²) in [6, 6.07) is 1.91. The van der Waals surface area contributed by atoms with E-state index in [4.69, 9.17) is 0 Å². The molecule has 6 nitrogen and oxygen atoms in total. The molecule has 1 saturated heterocycles. The van der Waals surface area contributed by atoms with Crippen molar-refractivity contribution < 1.29 is 9.90 Å². The summed E-state index contributed by atoms with van der Waals surface area (Å²) in [4.78, 5) is 25.2. The minimum Gasteiger partial charge on any atom is -0.392 e. The standard InChI is InChI=1S/C17H24N4O2S/c1-12(22)9-21-6-3-13(4-7-21)10-20(2)17(23)15-16-14(5-8-24-16)18-11-19-15/h5,8,11-13,22H,3-4,6-7,9-10H2,1-2H3. The molecule has 7 heteroatoms. The third kappa shape index (κ3) is 3.91. The lowest BCUT2D eigenvalue weighted by Gasteiger charge is -2.34. The first-order valence-corrected chi connectivity index (χ1v) is 9.26. The van der Waals surface area contributed by atoms with Gasteiger partial charge in [-0.2, -0.15) is 0 Å². The van der Waals surface area contributed by atoms with Gasteiger partial charge in [0.25, 0.3) is 5.91 Å². The van der Waals surface area contributed by atoms with Crippen LogP contribution in [-0.4, -0.2) is 70.1 Å². The lowest BCUT2D eigenvalue weighted by atomic mass is 9.96. The van der Waals surface area contributed by atoms with E-state index in [1.807, 2.05) is 25.4 Å². The van der Waals surface area contributed by atoms with Gasteiger partial charge in [0, 0.05) is 20.1 Å². The zero-order valence-corrected chi connectivity index (χ0v) is 15.0. The van der Waals surface area contributed by atoms with Crippen LogP contribution >= 0.6 is 11.3 Å². The second kappa shape index (κ2) is 7.55. The Morgan fingerprint density at radius 3 is 2.92 bits per heavy atom. The summed E-state index contributed by atoms with van der Waals surface area (Å²) in [6.07, 6.45) is 3.30. The molecule has 3 rings (SSSR count). The minimum absolute atomic E-state index is 0.0312. The van der Waals surface area contributed by atoms with Crippen LogP contribution < -0.4 is 0 Å². The number of aliphatic hydroxyl groups excluding tert-OH is 1. The maximum absolute atomic E-state index is 12.7. The lowest BCUT2D eigenvalue weighted by Crippen LogP contribution is -2.41. The van der Waals surface area contributed by atoms with Crippen molar-refractivity contribution in [2.24, 2.45) is 5.92 Å². The molecular weight excluding hydrogens is 324 g/mol. The van der Waals surface area contributed by atoms with Crippen LogP contribution in [0.5, 0.6) is 0 Å². The van der Waals surface area contributed by atoms with Gasteiger partial charge in [0.15, 0.2) is 0 Å². The van der Waals surface area contributed by atoms with Crippen molar-refractivity contribution in [2.75, 3.05) is 33.2 Å². The molecule has 1 N–H and O–H groups in total. The van der Waals surface area contributed by atoms with Gasteiger partial charge in [-0.05, 0) is 50.2 Å². The van der Waals surface area contributed by atoms with E-state index in [2.05, 4.69) is 14.9 Å². The lowest BCUT2D eigenvalue weighted by molar-refractivity contribution is 0.0700. The van der Waals surface area contributed by atoms with Crippen LogP contribution in [0.1, 0.15) is 30.3 Å². The third-order valence-corrected chi connectivity index (χ3v) is 5.46. The molecule has 0 aliphatic carbocycles. The summed E-state index contributed by atoms with van der Waals surface area (Å²) in [5, 5.41) is 11.4. The predicted octanol–water partition coefficient (Wildman–Crippen LogP) is 1.86. The topological polar surface area (TPSA) is 69.6 Å². The Morgan fingerprint density at radius 2 is 2.21 bits per heavy atom. The molecule has 1 aliphatic heterocycles. The number of aliphatic hydroxyl groups is 1. The monoisotopic (exact) mass is 348 g/mol. The molecule has 130 valence electrons. The van der Waals surface area contributed by atoms with E-state index in [1.54, 1.807) is 4.90 Å². The summed E-state index contributed by atoms with van der Waals surface area (Å²) >= 11 is 1.51. The zero-order chi connectivity index (χ0) is 17.1. The van der Waals surface area contributed by atoms with Crippen LogP contribution in [0.25, 0.3) is 10.2 Å². The molecule has 1 fully saturated rings. The van der Waals surface area contributed by atoms with Crippen LogP contribution in [0.3, 0.4) is 0 Å². The molecule has 3 heterocycles. The average Bonchev–Trinajstić information content (AvgIpc) is 3.04. The molecular formula is C17H24N4O2S. The maximum atomic E-state index is 12.7. The van der Waals surface area contributed by atoms with E-state index in [1.165, 1.54) is 17.7 Å². The van der Waals surface area contributed by atoms with Gasteiger partial charge >= 0.3 is 0 Å². The molecule has 1 unspecified atom stereocenters. The summed E-state index contributed by atoms with van der Waals surface area (Å²) in [6.45, 7) is 5.28. The number of carbonyl (C=O) groups is 1. The normalized spacial score (nSPS) is 18.0. The fourth-order valence-electron chi connectivity index (χ4n) is 3.32. The number of β-amino-alcohol motifs (C(OH)–C–C–N with tert-alkyl or cyclic N) is 1. The Morgan fingerprint density at radius 1 is 1.46 bits per heavy atom. The Bertz CT molecular complexity index is 695. The molecule has 2 aromatic heterocycles. The number of fused-ring (bicyclic) bond motifs is 1. The number of likely N-dealkylation sites (tertiary alicyclic amines) is 1. The molecule has 0 aromatic carbocycles. The van der Waals surface area contributed by atoms with Gasteiger partial charge in [0.2, 0.25) is 0 Å². The van der Waals surface area contributed by atoms with Crippen molar-refractivity contribution in [1.29, 1.82) is 0 Å². The van der Waals surface area contributed by atoms with Crippen molar-refractivity contribution in [3.63, 3.8) is 0 Å². The maximum Gasteiger partial charge on any atom is 0.273 e. The molecule has 2 aromatic rings. The third-order valence-electron chi connectivity index (χ3n) is 4.55. The van der Waals surface area contributed by atoms with E-state index in [-0.39, 0.29) is 12.0 Å². The predicted molar refractivity (Wildman–Crippen MR) is 95.2 cm³/mol. The largest absolute Gasteiger partial charge is 0.392 e. The van der Waals surface area contributed by atoms with Gasteiger partial charge in [-0.1, -0.05) is 0 Å². The van der Waals surface area contributed by atoms with Crippen molar-refractivity contribution in [1.82, 2.24) is 19.8 Å². The Balaban J connectivity index is 1.58. The van der Waals surface area contributed by atoms with Gasteiger partial charge in [0.05, 0.1) is 16.3 Å². The first-order chi connectivity index (χ1) is 11.5. The second-order valence-corrected chi connectivity index (χ2v) is 7.55. The molecule has 24 heavy (non-hydrogen) atoms. The van der Waals surface area contributed by atoms with Gasteiger partial charge in [-0.25, -0.2) is 9.97 Å². The molecule has 0 radical (unpaired) electrons. The second-order valence-electron chi connectivity index (χ2n) is 6.64. The number of piperidine rings is 1. The van der Waals surface area contributed by atoms with Crippen molar-refractivity contribution in [3.05, 3.63) is 23.5 Å². The number of rotatable bonds is 5. The number of hydrogen-bond donors (Lipinski definition) is 1. The van der Waals surface area contributed by atoms with E-state index < -0.39 is 0 Å². The molecule has 1 aliphatic rings. The van der Waals surface area contributed by atoms with E-state index in [0.29, 0.717) is 11.6 Å². The fraction of sp³-hybridized carbons (Fsp3) is 0.588. The van der Waals surface area contributed by atoms with E-state index >= 15 is 0 Å². The highest BCUT2D eigenvalue weighted by Crippen LogP contribution is 2.23. The van der Waals surface area contributed by atoms with Crippen LogP contribution in [0.2, 0.25) is 0 Å². The highest BCUT2D eigenvalue weighted by atomic mass is 32.1. The van der Waals surface area contributed by atoms with Gasteiger partial charge < -0.3 is 14.9 Å². The van der Waals surface area contributed by atoms with Crippen molar-refractivity contribution >= 4 is 27.5 Å². The highest BCUT2D eigenvalue weighted by molar-refractivity contribution is 7.17. The van der Waals surface area contributed by atoms with Crippen molar-refractivity contribution in [3.8, 4) is 0 Å². The Hall–Kier alpha value is -1.57. The highest BCUT2D eigenvalue weighted by Gasteiger charge is 2.24. The molecule has 0 spiro atoms. The first kappa shape index (κ1) is 17.3. The molecule has 0 bridgehead atoms. The van der Waals surface area contributed by atoms with E-state index in [0.717, 1.165) is 49.2 Å². The molecule has 1 amide bonds. The SMILES string of the molecule is CC(O)CN1CCC(CN(C)C(=O)c2ncnc3ccsc23)CC1. The average molecular weight is 348 g/mol. The molecule has 1 atom stereocenters. The number of amides is 1. The van der Waals surface area contributed by atoms with Gasteiger partial charge in [0.1, 0.15) is 12.0 Å². The van der Waals surface area contributed by atoms with Crippen LogP contribution in [0.15, 0.2) is 17.8 Å². The summed E-state index contributed by atoms with van der Waals surface area (Å²) in [7, 11) is 1.85. The van der Waals surface area contributed by atoms with Crippen LogP contribution in [0, 0.1) is 5.92 Å². The zero-order valence-electron chi connectivity index (χ0n) is 14.2. The number of thiophene rings is 1. The summed E-state index contributed by atoms with van der Waals surface area (Å²) < 4.78 is 0.862. The smallest absolute Gasteiger partial charge is 0.273 e. The molecule has 0 saturated carbocycles. The number of aromatic nitrogens is 2. The minimum atomic E-state index is -0.281. The summed E-state index contributed by atoms with van der Waals surface area (Å²) in [5.74, 6) is 0.473. The van der Waals surface area contributed by atoms with Gasteiger partial charge in [-0.3, -0.25) is 4.79 Å². The quantitative estimate of drug-likeness (QED) is 0.893. The summed E-state index contributed by atoms with van der Waals surface area (Å²) in [5.41, 5.74) is 1.34. The Kier molecular flexibility index (Phi) is 5.43. The van der Waals surface area contributed by atoms with Crippen LogP contribution in [0.4, 0.5) is 0 Å². The van der Waals surface area contributed by atoms with Crippen LogP contribution in [-0.2, 0) is 0 Å². The fourth-order valence-corrected chi connectivity index (χ4v) is 4.14. The van der Waals surface area contributed by atoms with Crippen molar-refractivity contribution in [2.45, 2.75) is 25.9 Å². The Labute approximate surface area is 146 Å². The van der Waals surface area contributed by atoms with E-state index in [9.17, 15) is 9.90 Å². The number of hydrogen-bond acceptors (Lipinski definition) is 6. The number of carbonyl (C=O) groups excluding carboxylic acids is 1. The van der Waals surface area contributed by atoms with Gasteiger partial charge in [-0.15, -0.1) is 11.3 Å².